The molecule has 1 unspecified atom stereocenters. The van der Waals surface area contributed by atoms with Crippen molar-refractivity contribution in [2.24, 2.45) is 5.92 Å². The highest BCUT2D eigenvalue weighted by atomic mass is 19.3. The molecule has 0 spiro atoms. The summed E-state index contributed by atoms with van der Waals surface area (Å²) in [6.07, 6.45) is 4.66. The van der Waals surface area contributed by atoms with Crippen LogP contribution < -0.4 is 5.32 Å². The van der Waals surface area contributed by atoms with E-state index in [1.54, 1.807) is 0 Å². The number of nitrogens with one attached hydrogen (secondary N) is 1. The second-order valence-corrected chi connectivity index (χ2v) is 5.47. The molecule has 1 aliphatic carbocycles. The summed E-state index contributed by atoms with van der Waals surface area (Å²) in [5.74, 6) is -3.84. The molecule has 0 aromatic rings. The van der Waals surface area contributed by atoms with Crippen molar-refractivity contribution >= 4 is 5.97 Å². The molecule has 0 bridgehead atoms. The lowest BCUT2D eigenvalue weighted by atomic mass is 9.84. The van der Waals surface area contributed by atoms with Gasteiger partial charge in [0.25, 0.3) is 0 Å². The number of carbonyl (C=O) groups is 1. The van der Waals surface area contributed by atoms with Gasteiger partial charge in [-0.1, -0.05) is 13.3 Å². The number of carbonyl (C=O) groups excluding carboxylic acids is 1. The molecule has 2 rings (SSSR count). The van der Waals surface area contributed by atoms with Gasteiger partial charge in [0, 0.05) is 12.6 Å². The standard InChI is InChI=1S/C13H21F2NO2/c1-2-9-3-5-10(6-4-9)16-8-11-7-13(14,15)12(17)18-11/h9-11,16H,2-8H2,1H3. The molecular weight excluding hydrogens is 240 g/mol. The average Bonchev–Trinajstić information content (AvgIpc) is 2.61. The molecule has 0 aromatic heterocycles. The highest BCUT2D eigenvalue weighted by molar-refractivity contribution is 5.79. The van der Waals surface area contributed by atoms with Crippen LogP contribution in [0.1, 0.15) is 45.4 Å². The van der Waals surface area contributed by atoms with Crippen molar-refractivity contribution in [2.45, 2.75) is 63.5 Å². The second-order valence-electron chi connectivity index (χ2n) is 5.47. The molecule has 18 heavy (non-hydrogen) atoms. The quantitative estimate of drug-likeness (QED) is 0.790. The van der Waals surface area contributed by atoms with Gasteiger partial charge in [0.05, 0.1) is 6.42 Å². The highest BCUT2D eigenvalue weighted by Gasteiger charge is 2.50. The van der Waals surface area contributed by atoms with Crippen molar-refractivity contribution in [1.29, 1.82) is 0 Å². The Morgan fingerprint density at radius 3 is 2.50 bits per heavy atom. The van der Waals surface area contributed by atoms with Crippen LogP contribution in [-0.2, 0) is 9.53 Å². The minimum atomic E-state index is -3.29. The van der Waals surface area contributed by atoms with Crippen LogP contribution in [0.3, 0.4) is 0 Å². The third kappa shape index (κ3) is 3.19. The Hall–Kier alpha value is -0.710. The number of halogens is 2. The number of esters is 1. The summed E-state index contributed by atoms with van der Waals surface area (Å²) in [6.45, 7) is 2.56. The molecule has 104 valence electrons. The first-order valence-electron chi connectivity index (χ1n) is 6.83. The van der Waals surface area contributed by atoms with E-state index in [0.29, 0.717) is 12.6 Å². The topological polar surface area (TPSA) is 38.3 Å². The number of alkyl halides is 2. The lowest BCUT2D eigenvalue weighted by Gasteiger charge is -2.29. The van der Waals surface area contributed by atoms with Crippen LogP contribution in [0, 0.1) is 5.92 Å². The summed E-state index contributed by atoms with van der Waals surface area (Å²) < 4.78 is 30.6. The maximum atomic E-state index is 12.9. The summed E-state index contributed by atoms with van der Waals surface area (Å²) in [4.78, 5) is 10.8. The monoisotopic (exact) mass is 261 g/mol. The molecule has 1 saturated heterocycles. The molecule has 1 saturated carbocycles. The van der Waals surface area contributed by atoms with E-state index in [9.17, 15) is 13.6 Å². The van der Waals surface area contributed by atoms with Gasteiger partial charge < -0.3 is 10.1 Å². The number of rotatable bonds is 4. The normalized spacial score (nSPS) is 35.5. The van der Waals surface area contributed by atoms with E-state index in [2.05, 4.69) is 17.0 Å². The van der Waals surface area contributed by atoms with Gasteiger partial charge in [0.1, 0.15) is 6.10 Å². The molecule has 1 N–H and O–H groups in total. The van der Waals surface area contributed by atoms with Crippen molar-refractivity contribution in [2.75, 3.05) is 6.54 Å². The van der Waals surface area contributed by atoms with Crippen LogP contribution in [0.25, 0.3) is 0 Å². The van der Waals surface area contributed by atoms with Crippen LogP contribution in [-0.4, -0.2) is 30.6 Å². The third-order valence-corrected chi connectivity index (χ3v) is 4.11. The third-order valence-electron chi connectivity index (χ3n) is 4.11. The lowest BCUT2D eigenvalue weighted by molar-refractivity contribution is -0.159. The highest BCUT2D eigenvalue weighted by Crippen LogP contribution is 2.31. The predicted octanol–water partition coefficient (Wildman–Crippen LogP) is 2.50. The number of cyclic esters (lactones) is 1. The van der Waals surface area contributed by atoms with Crippen LogP contribution >= 0.6 is 0 Å². The van der Waals surface area contributed by atoms with Gasteiger partial charge in [-0.3, -0.25) is 0 Å². The maximum absolute atomic E-state index is 12.9. The fourth-order valence-corrected chi connectivity index (χ4v) is 2.84. The maximum Gasteiger partial charge on any atom is 0.377 e. The fraction of sp³-hybridized carbons (Fsp3) is 0.923. The number of hydrogen-bond donors (Lipinski definition) is 1. The van der Waals surface area contributed by atoms with Crippen LogP contribution in [0.15, 0.2) is 0 Å². The van der Waals surface area contributed by atoms with Crippen LogP contribution in [0.4, 0.5) is 8.78 Å². The van der Waals surface area contributed by atoms with Crippen molar-refractivity contribution in [3.05, 3.63) is 0 Å². The Kier molecular flexibility index (Phi) is 4.20. The van der Waals surface area contributed by atoms with E-state index in [1.807, 2.05) is 0 Å². The Balaban J connectivity index is 1.69. The van der Waals surface area contributed by atoms with Gasteiger partial charge in [-0.25, -0.2) is 4.79 Å². The Labute approximate surface area is 106 Å². The van der Waals surface area contributed by atoms with E-state index < -0.39 is 24.4 Å². The second kappa shape index (κ2) is 5.51. The first-order chi connectivity index (χ1) is 8.51. The Morgan fingerprint density at radius 1 is 1.33 bits per heavy atom. The minimum Gasteiger partial charge on any atom is -0.456 e. The van der Waals surface area contributed by atoms with Gasteiger partial charge in [0.2, 0.25) is 0 Å². The number of hydrogen-bond acceptors (Lipinski definition) is 3. The zero-order chi connectivity index (χ0) is 13.2. The smallest absolute Gasteiger partial charge is 0.377 e. The summed E-state index contributed by atoms with van der Waals surface area (Å²) in [7, 11) is 0. The number of ether oxygens (including phenoxy) is 1. The van der Waals surface area contributed by atoms with E-state index in [-0.39, 0.29) is 0 Å². The first kappa shape index (κ1) is 13.7. The Bertz CT molecular complexity index is 301. The van der Waals surface area contributed by atoms with E-state index in [4.69, 9.17) is 0 Å². The first-order valence-corrected chi connectivity index (χ1v) is 6.83. The molecule has 0 amide bonds. The average molecular weight is 261 g/mol. The summed E-state index contributed by atoms with van der Waals surface area (Å²) in [5, 5.41) is 3.26. The molecule has 1 heterocycles. The van der Waals surface area contributed by atoms with Crippen LogP contribution in [0.5, 0.6) is 0 Å². The summed E-state index contributed by atoms with van der Waals surface area (Å²) >= 11 is 0. The van der Waals surface area contributed by atoms with Gasteiger partial charge in [-0.2, -0.15) is 8.78 Å². The van der Waals surface area contributed by atoms with E-state index in [0.717, 1.165) is 18.8 Å². The van der Waals surface area contributed by atoms with Crippen molar-refractivity contribution in [3.63, 3.8) is 0 Å². The molecule has 2 fully saturated rings. The Morgan fingerprint density at radius 2 is 2.00 bits per heavy atom. The fourth-order valence-electron chi connectivity index (χ4n) is 2.84. The zero-order valence-corrected chi connectivity index (χ0v) is 10.8. The van der Waals surface area contributed by atoms with Crippen LogP contribution in [0.2, 0.25) is 0 Å². The molecule has 5 heteroatoms. The van der Waals surface area contributed by atoms with Crippen molar-refractivity contribution in [1.82, 2.24) is 5.32 Å². The molecular formula is C13H21F2NO2. The van der Waals surface area contributed by atoms with E-state index >= 15 is 0 Å². The summed E-state index contributed by atoms with van der Waals surface area (Å²) in [5.41, 5.74) is 0. The SMILES string of the molecule is CCC1CCC(NCC2CC(F)(F)C(=O)O2)CC1. The lowest BCUT2D eigenvalue weighted by Crippen LogP contribution is -2.38. The van der Waals surface area contributed by atoms with Crippen molar-refractivity contribution < 1.29 is 18.3 Å². The molecule has 1 atom stereocenters. The van der Waals surface area contributed by atoms with Gasteiger partial charge >= 0.3 is 11.9 Å². The van der Waals surface area contributed by atoms with E-state index in [1.165, 1.54) is 19.3 Å². The molecule has 2 aliphatic rings. The summed E-state index contributed by atoms with van der Waals surface area (Å²) in [6, 6.07) is 0.390. The molecule has 1 aliphatic heterocycles. The molecule has 0 radical (unpaired) electrons. The van der Waals surface area contributed by atoms with Gasteiger partial charge in [-0.05, 0) is 31.6 Å². The minimum absolute atomic E-state index is 0.350. The molecule has 3 nitrogen and oxygen atoms in total. The van der Waals surface area contributed by atoms with Gasteiger partial charge in [-0.15, -0.1) is 0 Å². The zero-order valence-electron chi connectivity index (χ0n) is 10.8. The predicted molar refractivity (Wildman–Crippen MR) is 63.5 cm³/mol. The van der Waals surface area contributed by atoms with Gasteiger partial charge in [0.15, 0.2) is 0 Å². The largest absolute Gasteiger partial charge is 0.456 e. The van der Waals surface area contributed by atoms with Crippen molar-refractivity contribution in [3.8, 4) is 0 Å². The molecule has 0 aromatic carbocycles.